The van der Waals surface area contributed by atoms with Gasteiger partial charge in [-0.2, -0.15) is 0 Å². The third-order valence-corrected chi connectivity index (χ3v) is 5.15. The van der Waals surface area contributed by atoms with Crippen LogP contribution in [-0.4, -0.2) is 43.1 Å². The van der Waals surface area contributed by atoms with Gasteiger partial charge >= 0.3 is 5.97 Å². The van der Waals surface area contributed by atoms with Crippen molar-refractivity contribution >= 4 is 23.3 Å². The van der Waals surface area contributed by atoms with Gasteiger partial charge in [0.05, 0.1) is 31.7 Å². The molecule has 1 N–H and O–H groups in total. The lowest BCUT2D eigenvalue weighted by Crippen LogP contribution is -2.18. The molecule has 0 aliphatic carbocycles. The summed E-state index contributed by atoms with van der Waals surface area (Å²) in [7, 11) is 4.69. The van der Waals surface area contributed by atoms with Crippen LogP contribution in [0.2, 0.25) is 0 Å². The fraction of sp³-hybridized carbons (Fsp3) is 0.261. The zero-order valence-corrected chi connectivity index (χ0v) is 18.5. The number of aryl methyl sites for hydroxylation is 1. The van der Waals surface area contributed by atoms with Crippen molar-refractivity contribution in [3.05, 3.63) is 64.9 Å². The summed E-state index contributed by atoms with van der Waals surface area (Å²) in [6.45, 7) is 3.25. The van der Waals surface area contributed by atoms with Gasteiger partial charge in [0.15, 0.2) is 23.9 Å². The summed E-state index contributed by atoms with van der Waals surface area (Å²) < 4.78 is 22.7. The molecule has 9 nitrogen and oxygen atoms in total. The molecule has 0 fully saturated rings. The molecule has 0 saturated carbocycles. The summed E-state index contributed by atoms with van der Waals surface area (Å²) in [6, 6.07) is 7.61. The van der Waals surface area contributed by atoms with Gasteiger partial charge < -0.3 is 28.5 Å². The van der Waals surface area contributed by atoms with Gasteiger partial charge in [0, 0.05) is 36.1 Å². The number of ether oxygens (including phenoxy) is 3. The highest BCUT2D eigenvalue weighted by molar-refractivity contribution is 6.08. The summed E-state index contributed by atoms with van der Waals surface area (Å²) >= 11 is 0. The fourth-order valence-corrected chi connectivity index (χ4v) is 3.17. The van der Waals surface area contributed by atoms with Gasteiger partial charge in [-0.25, -0.2) is 4.79 Å². The summed E-state index contributed by atoms with van der Waals surface area (Å²) in [5.74, 6) is -1.09. The van der Waals surface area contributed by atoms with Crippen LogP contribution in [0.5, 0.6) is 11.5 Å². The Morgan fingerprint density at radius 3 is 2.28 bits per heavy atom. The number of Topliss-reactive ketones (excluding diaryl/α,β-unsaturated/α-hetero) is 1. The van der Waals surface area contributed by atoms with E-state index in [0.29, 0.717) is 11.3 Å². The molecular formula is C23H24N2O7. The van der Waals surface area contributed by atoms with E-state index in [2.05, 4.69) is 5.32 Å². The highest BCUT2D eigenvalue weighted by Crippen LogP contribution is 2.34. The van der Waals surface area contributed by atoms with Gasteiger partial charge in [0.1, 0.15) is 0 Å². The number of benzene rings is 1. The van der Waals surface area contributed by atoms with E-state index in [1.54, 1.807) is 12.1 Å². The molecule has 0 unspecified atom stereocenters. The maximum absolute atomic E-state index is 12.8. The lowest BCUT2D eigenvalue weighted by molar-refractivity contribution is 0.0475. The number of nitrogens with zero attached hydrogens (tertiary/aromatic N) is 1. The number of esters is 1. The molecule has 0 saturated heterocycles. The minimum atomic E-state index is -0.806. The monoisotopic (exact) mass is 440 g/mol. The van der Waals surface area contributed by atoms with Crippen molar-refractivity contribution in [3.63, 3.8) is 0 Å². The topological polar surface area (TPSA) is 109 Å². The molecule has 9 heteroatoms. The van der Waals surface area contributed by atoms with Gasteiger partial charge in [0.2, 0.25) is 5.78 Å². The average Bonchev–Trinajstić information content (AvgIpc) is 3.42. The van der Waals surface area contributed by atoms with Crippen LogP contribution < -0.4 is 14.8 Å². The number of carbonyl (C=O) groups excluding carboxylic acids is 3. The molecular weight excluding hydrogens is 416 g/mol. The number of aromatic nitrogens is 1. The number of carbonyl (C=O) groups is 3. The number of ketones is 1. The van der Waals surface area contributed by atoms with E-state index in [9.17, 15) is 14.4 Å². The first-order valence-corrected chi connectivity index (χ1v) is 9.71. The van der Waals surface area contributed by atoms with Crippen molar-refractivity contribution in [1.29, 1.82) is 0 Å². The summed E-state index contributed by atoms with van der Waals surface area (Å²) in [6.07, 6.45) is 1.36. The number of anilines is 1. The second-order valence-corrected chi connectivity index (χ2v) is 7.03. The fourth-order valence-electron chi connectivity index (χ4n) is 3.17. The molecule has 0 atom stereocenters. The van der Waals surface area contributed by atoms with Crippen molar-refractivity contribution in [3.8, 4) is 11.5 Å². The highest BCUT2D eigenvalue weighted by atomic mass is 16.5. The number of hydrogen-bond donors (Lipinski definition) is 1. The molecule has 2 heterocycles. The minimum Gasteiger partial charge on any atom is -0.493 e. The van der Waals surface area contributed by atoms with Gasteiger partial charge in [-0.1, -0.05) is 0 Å². The molecule has 3 aromatic rings. The van der Waals surface area contributed by atoms with Gasteiger partial charge in [0.25, 0.3) is 5.91 Å². The summed E-state index contributed by atoms with van der Waals surface area (Å²) in [5.41, 5.74) is 2.29. The van der Waals surface area contributed by atoms with Crippen LogP contribution in [0.3, 0.4) is 0 Å². The Morgan fingerprint density at radius 1 is 1.03 bits per heavy atom. The molecule has 1 aromatic carbocycles. The molecule has 32 heavy (non-hydrogen) atoms. The Kier molecular flexibility index (Phi) is 6.67. The number of amides is 1. The van der Waals surface area contributed by atoms with E-state index in [4.69, 9.17) is 18.6 Å². The second-order valence-electron chi connectivity index (χ2n) is 7.03. The number of hydrogen-bond acceptors (Lipinski definition) is 7. The third-order valence-electron chi connectivity index (χ3n) is 5.15. The third kappa shape index (κ3) is 4.51. The lowest BCUT2D eigenvalue weighted by Gasteiger charge is -2.15. The van der Waals surface area contributed by atoms with Crippen molar-refractivity contribution in [2.24, 2.45) is 7.05 Å². The molecule has 0 bridgehead atoms. The normalized spacial score (nSPS) is 10.5. The molecule has 0 spiro atoms. The van der Waals surface area contributed by atoms with Crippen LogP contribution in [-0.2, 0) is 11.8 Å². The van der Waals surface area contributed by atoms with Crippen LogP contribution in [0.25, 0.3) is 0 Å². The quantitative estimate of drug-likeness (QED) is 0.421. The van der Waals surface area contributed by atoms with Crippen LogP contribution in [0.4, 0.5) is 5.69 Å². The summed E-state index contributed by atoms with van der Waals surface area (Å²) in [4.78, 5) is 37.9. The first-order valence-electron chi connectivity index (χ1n) is 9.71. The van der Waals surface area contributed by atoms with Gasteiger partial charge in [-0.15, -0.1) is 0 Å². The van der Waals surface area contributed by atoms with Gasteiger partial charge in [-0.05, 0) is 32.0 Å². The van der Waals surface area contributed by atoms with E-state index in [1.807, 2.05) is 25.5 Å². The number of furan rings is 1. The highest BCUT2D eigenvalue weighted by Gasteiger charge is 2.23. The molecule has 168 valence electrons. The van der Waals surface area contributed by atoms with E-state index in [0.717, 1.165) is 11.4 Å². The molecule has 2 aromatic heterocycles. The predicted molar refractivity (Wildman–Crippen MR) is 116 cm³/mol. The summed E-state index contributed by atoms with van der Waals surface area (Å²) in [5, 5.41) is 2.60. The average molecular weight is 440 g/mol. The Hall–Kier alpha value is -4.01. The first kappa shape index (κ1) is 22.7. The van der Waals surface area contributed by atoms with Crippen molar-refractivity contribution < 1.29 is 33.0 Å². The molecule has 0 radical (unpaired) electrons. The molecule has 0 aliphatic rings. The Bertz CT molecular complexity index is 1160. The molecule has 3 rings (SSSR count). The number of methoxy groups -OCH3 is 2. The van der Waals surface area contributed by atoms with E-state index in [-0.39, 0.29) is 28.5 Å². The van der Waals surface area contributed by atoms with Gasteiger partial charge in [-0.3, -0.25) is 9.59 Å². The second kappa shape index (κ2) is 9.42. The zero-order valence-electron chi connectivity index (χ0n) is 18.5. The van der Waals surface area contributed by atoms with Crippen LogP contribution in [0.1, 0.15) is 42.7 Å². The SMILES string of the molecule is COc1cc(NC(=O)c2ccco2)c(C(=O)OCC(=O)c2cc(C)n(C)c2C)cc1OC. The van der Waals surface area contributed by atoms with E-state index < -0.39 is 18.5 Å². The predicted octanol–water partition coefficient (Wildman–Crippen LogP) is 3.54. The van der Waals surface area contributed by atoms with Crippen molar-refractivity contribution in [1.82, 2.24) is 4.57 Å². The maximum Gasteiger partial charge on any atom is 0.340 e. The van der Waals surface area contributed by atoms with Crippen LogP contribution in [0, 0.1) is 13.8 Å². The van der Waals surface area contributed by atoms with Crippen molar-refractivity contribution in [2.45, 2.75) is 13.8 Å². The Morgan fingerprint density at radius 2 is 1.72 bits per heavy atom. The number of rotatable bonds is 8. The Balaban J connectivity index is 1.85. The maximum atomic E-state index is 12.8. The molecule has 0 aliphatic heterocycles. The first-order chi connectivity index (χ1) is 15.3. The zero-order chi connectivity index (χ0) is 23.4. The van der Waals surface area contributed by atoms with E-state index >= 15 is 0 Å². The largest absolute Gasteiger partial charge is 0.493 e. The van der Waals surface area contributed by atoms with Crippen LogP contribution >= 0.6 is 0 Å². The van der Waals surface area contributed by atoms with Crippen molar-refractivity contribution in [2.75, 3.05) is 26.1 Å². The van der Waals surface area contributed by atoms with Crippen LogP contribution in [0.15, 0.2) is 41.0 Å². The minimum absolute atomic E-state index is 0.00341. The smallest absolute Gasteiger partial charge is 0.340 e. The standard InChI is InChI=1S/C23H24N2O7/c1-13-9-15(14(2)25(13)3)18(26)12-32-23(28)16-10-20(29-4)21(30-5)11-17(16)24-22(27)19-7-6-8-31-19/h6-11H,12H2,1-5H3,(H,24,27). The lowest BCUT2D eigenvalue weighted by atomic mass is 10.1. The Labute approximate surface area is 184 Å². The van der Waals surface area contributed by atoms with E-state index in [1.165, 1.54) is 38.7 Å². The molecule has 1 amide bonds. The number of nitrogens with one attached hydrogen (secondary N) is 1.